The molecule has 0 aliphatic heterocycles. The lowest BCUT2D eigenvalue weighted by Crippen LogP contribution is -2.06. The summed E-state index contributed by atoms with van der Waals surface area (Å²) in [5, 5.41) is 30.1. The average molecular weight is 495 g/mol. The normalized spacial score (nSPS) is 10.4. The zero-order valence-corrected chi connectivity index (χ0v) is 20.2. The molecule has 4 aromatic rings. The van der Waals surface area contributed by atoms with Crippen LogP contribution in [0.25, 0.3) is 21.8 Å². The fourth-order valence-corrected chi connectivity index (χ4v) is 3.64. The molecule has 188 valence electrons. The maximum atomic E-state index is 11.6. The van der Waals surface area contributed by atoms with Crippen molar-refractivity contribution in [2.45, 2.75) is 20.3 Å². The highest BCUT2D eigenvalue weighted by Crippen LogP contribution is 2.35. The van der Waals surface area contributed by atoms with Crippen LogP contribution >= 0.6 is 0 Å². The Kier molecular flexibility index (Phi) is 8.11. The van der Waals surface area contributed by atoms with Crippen molar-refractivity contribution in [3.8, 4) is 23.0 Å². The van der Waals surface area contributed by atoms with Gasteiger partial charge in [0.15, 0.2) is 0 Å². The second kappa shape index (κ2) is 11.2. The minimum Gasteiger partial charge on any atom is -0.506 e. The maximum Gasteiger partial charge on any atom is 0.343 e. The molecule has 36 heavy (non-hydrogen) atoms. The van der Waals surface area contributed by atoms with Crippen molar-refractivity contribution >= 4 is 33.7 Å². The van der Waals surface area contributed by atoms with Gasteiger partial charge in [0.25, 0.3) is 0 Å². The Morgan fingerprint density at radius 2 is 1.47 bits per heavy atom. The number of benzene rings is 2. The van der Waals surface area contributed by atoms with Gasteiger partial charge in [-0.2, -0.15) is 0 Å². The van der Waals surface area contributed by atoms with Crippen LogP contribution in [-0.2, 0) is 11.2 Å². The summed E-state index contributed by atoms with van der Waals surface area (Å²) in [7, 11) is 3.02. The van der Waals surface area contributed by atoms with Crippen LogP contribution in [0.2, 0.25) is 0 Å². The summed E-state index contributed by atoms with van der Waals surface area (Å²) < 4.78 is 15.1. The predicted molar refractivity (Wildman–Crippen MR) is 132 cm³/mol. The van der Waals surface area contributed by atoms with E-state index in [4.69, 9.17) is 19.3 Å². The Labute approximate surface area is 206 Å². The number of pyridine rings is 2. The van der Waals surface area contributed by atoms with Gasteiger partial charge in [0.05, 0.1) is 26.5 Å². The van der Waals surface area contributed by atoms with Crippen molar-refractivity contribution in [1.29, 1.82) is 0 Å². The SMILES string of the molecule is CCOC(=O)c1cnc2c(OC)cccc2c1O.CCc1nc2c(OC)cccc2c(O)c1C(=O)O. The Hall–Kier alpha value is -4.60. The molecule has 0 amide bonds. The third-order valence-corrected chi connectivity index (χ3v) is 5.34. The quantitative estimate of drug-likeness (QED) is 0.331. The highest BCUT2D eigenvalue weighted by atomic mass is 16.5. The van der Waals surface area contributed by atoms with Gasteiger partial charge in [-0.1, -0.05) is 19.1 Å². The van der Waals surface area contributed by atoms with Gasteiger partial charge in [0, 0.05) is 17.0 Å². The van der Waals surface area contributed by atoms with Crippen LogP contribution < -0.4 is 9.47 Å². The number of carbonyl (C=O) groups is 2. The van der Waals surface area contributed by atoms with Crippen LogP contribution in [0.1, 0.15) is 40.3 Å². The molecule has 0 saturated carbocycles. The lowest BCUT2D eigenvalue weighted by molar-refractivity contribution is 0.0522. The molecule has 10 nitrogen and oxygen atoms in total. The van der Waals surface area contributed by atoms with Crippen LogP contribution in [0.4, 0.5) is 0 Å². The van der Waals surface area contributed by atoms with E-state index < -0.39 is 11.9 Å². The van der Waals surface area contributed by atoms with E-state index in [1.54, 1.807) is 50.2 Å². The molecule has 0 unspecified atom stereocenters. The van der Waals surface area contributed by atoms with Crippen molar-refractivity contribution < 1.29 is 39.1 Å². The summed E-state index contributed by atoms with van der Waals surface area (Å²) in [5.74, 6) is -1.12. The topological polar surface area (TPSA) is 148 Å². The van der Waals surface area contributed by atoms with Gasteiger partial charge in [0.2, 0.25) is 0 Å². The second-order valence-corrected chi connectivity index (χ2v) is 7.39. The number of carbonyl (C=O) groups excluding carboxylic acids is 1. The number of nitrogens with zero attached hydrogens (tertiary/aromatic N) is 2. The number of fused-ring (bicyclic) bond motifs is 2. The van der Waals surface area contributed by atoms with Crippen LogP contribution in [0.3, 0.4) is 0 Å². The number of carboxylic acids is 1. The summed E-state index contributed by atoms with van der Waals surface area (Å²) in [6.45, 7) is 3.73. The number of rotatable bonds is 6. The molecule has 0 aliphatic carbocycles. The average Bonchev–Trinajstić information content (AvgIpc) is 2.88. The molecule has 0 atom stereocenters. The van der Waals surface area contributed by atoms with E-state index in [2.05, 4.69) is 9.97 Å². The van der Waals surface area contributed by atoms with E-state index in [1.807, 2.05) is 0 Å². The molecular weight excluding hydrogens is 468 g/mol. The molecule has 0 saturated heterocycles. The van der Waals surface area contributed by atoms with Gasteiger partial charge in [-0.25, -0.2) is 14.6 Å². The molecule has 2 heterocycles. The number of methoxy groups -OCH3 is 2. The van der Waals surface area contributed by atoms with Gasteiger partial charge in [-0.3, -0.25) is 4.98 Å². The van der Waals surface area contributed by atoms with E-state index in [0.717, 1.165) is 0 Å². The fourth-order valence-electron chi connectivity index (χ4n) is 3.64. The summed E-state index contributed by atoms with van der Waals surface area (Å²) in [6, 6.07) is 10.1. The monoisotopic (exact) mass is 494 g/mol. The first kappa shape index (κ1) is 26.0. The van der Waals surface area contributed by atoms with Gasteiger partial charge >= 0.3 is 11.9 Å². The largest absolute Gasteiger partial charge is 0.506 e. The summed E-state index contributed by atoms with van der Waals surface area (Å²) in [4.78, 5) is 31.2. The number of aromatic nitrogens is 2. The number of carboxylic acid groups (broad SMARTS) is 1. The van der Waals surface area contributed by atoms with Crippen LogP contribution in [0, 0.1) is 0 Å². The Bertz CT molecular complexity index is 1440. The second-order valence-electron chi connectivity index (χ2n) is 7.39. The molecule has 0 aliphatic rings. The van der Waals surface area contributed by atoms with Crippen molar-refractivity contribution in [3.63, 3.8) is 0 Å². The zero-order chi connectivity index (χ0) is 26.4. The summed E-state index contributed by atoms with van der Waals surface area (Å²) >= 11 is 0. The van der Waals surface area contributed by atoms with Gasteiger partial charge in [-0.05, 0) is 37.6 Å². The van der Waals surface area contributed by atoms with Crippen LogP contribution in [0.5, 0.6) is 23.0 Å². The lowest BCUT2D eigenvalue weighted by Gasteiger charge is -2.11. The van der Waals surface area contributed by atoms with E-state index in [-0.39, 0.29) is 29.2 Å². The molecule has 0 radical (unpaired) electrons. The lowest BCUT2D eigenvalue weighted by atomic mass is 10.1. The van der Waals surface area contributed by atoms with Crippen LogP contribution in [-0.4, -0.2) is 58.1 Å². The summed E-state index contributed by atoms with van der Waals surface area (Å²) in [5.41, 5.74) is 1.23. The van der Waals surface area contributed by atoms with E-state index in [9.17, 15) is 19.8 Å². The number of aromatic hydroxyl groups is 2. The van der Waals surface area contributed by atoms with Gasteiger partial charge < -0.3 is 29.5 Å². The molecule has 2 aromatic carbocycles. The van der Waals surface area contributed by atoms with E-state index in [0.29, 0.717) is 45.4 Å². The van der Waals surface area contributed by atoms with Gasteiger partial charge in [0.1, 0.15) is 45.2 Å². The van der Waals surface area contributed by atoms with Crippen LogP contribution in [0.15, 0.2) is 42.6 Å². The molecule has 10 heteroatoms. The number of esters is 1. The molecule has 4 rings (SSSR count). The first-order valence-electron chi connectivity index (χ1n) is 11.0. The smallest absolute Gasteiger partial charge is 0.343 e. The first-order chi connectivity index (χ1) is 17.3. The Balaban J connectivity index is 0.000000201. The minimum absolute atomic E-state index is 0.0533. The first-order valence-corrected chi connectivity index (χ1v) is 11.0. The number of aryl methyl sites for hydroxylation is 1. The number of para-hydroxylation sites is 2. The van der Waals surface area contributed by atoms with Crippen molar-refractivity contribution in [1.82, 2.24) is 9.97 Å². The number of hydrogen-bond donors (Lipinski definition) is 3. The minimum atomic E-state index is -1.18. The van der Waals surface area contributed by atoms with E-state index in [1.165, 1.54) is 20.4 Å². The highest BCUT2D eigenvalue weighted by molar-refractivity contribution is 6.02. The maximum absolute atomic E-state index is 11.6. The van der Waals surface area contributed by atoms with Crippen molar-refractivity contribution in [2.75, 3.05) is 20.8 Å². The third-order valence-electron chi connectivity index (χ3n) is 5.34. The number of ether oxygens (including phenoxy) is 3. The van der Waals surface area contributed by atoms with E-state index >= 15 is 0 Å². The summed E-state index contributed by atoms with van der Waals surface area (Å²) in [6.07, 6.45) is 1.71. The Morgan fingerprint density at radius 1 is 0.889 bits per heavy atom. The van der Waals surface area contributed by atoms with Crippen molar-refractivity contribution in [3.05, 3.63) is 59.4 Å². The standard InChI is InChI=1S/2C13H13NO4/c1-3-18-13(16)9-7-14-11-8(12(9)15)5-4-6-10(11)17-2;1-3-8-10(13(16)17)12(15)7-5-4-6-9(18-2)11(7)14-8/h4-7H,3H2,1-2H3,(H,14,15);4-6H,3H2,1-2H3,(H,14,15)(H,16,17). The molecular formula is C26H26N2O8. The molecule has 3 N–H and O–H groups in total. The Morgan fingerprint density at radius 3 is 2.00 bits per heavy atom. The predicted octanol–water partition coefficient (Wildman–Crippen LogP) is 4.34. The zero-order valence-electron chi connectivity index (χ0n) is 20.2. The molecule has 0 spiro atoms. The molecule has 0 bridgehead atoms. The van der Waals surface area contributed by atoms with Crippen molar-refractivity contribution in [2.24, 2.45) is 0 Å². The number of aromatic carboxylic acids is 1. The molecule has 0 fully saturated rings. The van der Waals surface area contributed by atoms with Gasteiger partial charge in [-0.15, -0.1) is 0 Å². The molecule has 2 aromatic heterocycles. The third kappa shape index (κ3) is 4.92. The highest BCUT2D eigenvalue weighted by Gasteiger charge is 2.21. The number of hydrogen-bond acceptors (Lipinski definition) is 9. The fraction of sp³-hybridized carbons (Fsp3) is 0.231.